The van der Waals surface area contributed by atoms with Gasteiger partial charge in [-0.05, 0) is 48.7 Å². The monoisotopic (exact) mass is 357 g/mol. The van der Waals surface area contributed by atoms with Gasteiger partial charge >= 0.3 is 0 Å². The summed E-state index contributed by atoms with van der Waals surface area (Å²) in [4.78, 5) is 31.4. The minimum Gasteiger partial charge on any atom is -0.322 e. The van der Waals surface area contributed by atoms with Crippen LogP contribution in [0, 0.1) is 6.92 Å². The third kappa shape index (κ3) is 3.31. The Morgan fingerprint density at radius 2 is 1.81 bits per heavy atom. The molecule has 0 radical (unpaired) electrons. The van der Waals surface area contributed by atoms with Crippen molar-refractivity contribution >= 4 is 23.2 Å². The number of fused-ring (bicyclic) bond motifs is 1. The van der Waals surface area contributed by atoms with Crippen LogP contribution >= 0.6 is 0 Å². The first-order valence-corrected chi connectivity index (χ1v) is 8.86. The van der Waals surface area contributed by atoms with Gasteiger partial charge in [0.05, 0.1) is 0 Å². The van der Waals surface area contributed by atoms with E-state index in [0.29, 0.717) is 12.1 Å². The van der Waals surface area contributed by atoms with Crippen molar-refractivity contribution < 1.29 is 9.59 Å². The number of para-hydroxylation sites is 2. The summed E-state index contributed by atoms with van der Waals surface area (Å²) in [7, 11) is 0. The van der Waals surface area contributed by atoms with Crippen molar-refractivity contribution in [2.75, 3.05) is 16.8 Å². The number of aryl methyl sites for hydroxylation is 1. The highest BCUT2D eigenvalue weighted by Crippen LogP contribution is 2.28. The third-order valence-corrected chi connectivity index (χ3v) is 4.77. The zero-order valence-corrected chi connectivity index (χ0v) is 15.0. The Balaban J connectivity index is 1.57. The number of pyridine rings is 1. The number of hydrogen-bond acceptors (Lipinski definition) is 3. The van der Waals surface area contributed by atoms with Gasteiger partial charge in [0.2, 0.25) is 0 Å². The summed E-state index contributed by atoms with van der Waals surface area (Å²) in [5.41, 5.74) is 4.47. The van der Waals surface area contributed by atoms with E-state index in [1.165, 1.54) is 6.20 Å². The van der Waals surface area contributed by atoms with Gasteiger partial charge < -0.3 is 10.2 Å². The summed E-state index contributed by atoms with van der Waals surface area (Å²) in [6, 6.07) is 18.6. The summed E-state index contributed by atoms with van der Waals surface area (Å²) < 4.78 is 0. The molecule has 4 rings (SSSR count). The van der Waals surface area contributed by atoms with Crippen LogP contribution in [0.4, 0.5) is 11.4 Å². The van der Waals surface area contributed by atoms with Crippen molar-refractivity contribution in [3.05, 3.63) is 89.2 Å². The average molecular weight is 357 g/mol. The average Bonchev–Trinajstić information content (AvgIpc) is 3.13. The number of amides is 2. The highest BCUT2D eigenvalue weighted by atomic mass is 16.2. The van der Waals surface area contributed by atoms with Crippen molar-refractivity contribution in [2.45, 2.75) is 13.3 Å². The maximum absolute atomic E-state index is 12.9. The Bertz CT molecular complexity index is 1030. The first kappa shape index (κ1) is 17.0. The van der Waals surface area contributed by atoms with Crippen molar-refractivity contribution in [3.8, 4) is 0 Å². The SMILES string of the molecule is Cc1ccccc1NC(=O)c1ccnc(C(=O)N2CCc3ccccc32)c1. The Kier molecular flexibility index (Phi) is 4.42. The number of hydrogen-bond donors (Lipinski definition) is 1. The van der Waals surface area contributed by atoms with Crippen molar-refractivity contribution in [3.63, 3.8) is 0 Å². The summed E-state index contributed by atoms with van der Waals surface area (Å²) in [6.07, 6.45) is 2.33. The maximum Gasteiger partial charge on any atom is 0.276 e. The van der Waals surface area contributed by atoms with E-state index < -0.39 is 0 Å². The van der Waals surface area contributed by atoms with Gasteiger partial charge in [-0.2, -0.15) is 0 Å². The standard InChI is InChI=1S/C22H19N3O2/c1-15-6-2-4-8-18(15)24-21(26)17-10-12-23-19(14-17)22(27)25-13-11-16-7-3-5-9-20(16)25/h2-10,12,14H,11,13H2,1H3,(H,24,26). The van der Waals surface area contributed by atoms with Crippen LogP contribution in [0.2, 0.25) is 0 Å². The third-order valence-electron chi connectivity index (χ3n) is 4.77. The van der Waals surface area contributed by atoms with Crippen molar-refractivity contribution in [1.82, 2.24) is 4.98 Å². The molecule has 0 unspecified atom stereocenters. The van der Waals surface area contributed by atoms with Gasteiger partial charge in [-0.25, -0.2) is 0 Å². The van der Waals surface area contributed by atoms with E-state index in [0.717, 1.165) is 28.9 Å². The highest BCUT2D eigenvalue weighted by Gasteiger charge is 2.26. The van der Waals surface area contributed by atoms with Gasteiger partial charge in [-0.15, -0.1) is 0 Å². The van der Waals surface area contributed by atoms with E-state index in [1.54, 1.807) is 17.0 Å². The molecule has 2 heterocycles. The first-order valence-electron chi connectivity index (χ1n) is 8.86. The fraction of sp³-hybridized carbons (Fsp3) is 0.136. The predicted octanol–water partition coefficient (Wildman–Crippen LogP) is 3.85. The molecule has 1 N–H and O–H groups in total. The Morgan fingerprint density at radius 3 is 2.67 bits per heavy atom. The Morgan fingerprint density at radius 1 is 1.04 bits per heavy atom. The normalized spacial score (nSPS) is 12.6. The van der Waals surface area contributed by atoms with Crippen LogP contribution in [0.15, 0.2) is 66.9 Å². The van der Waals surface area contributed by atoms with Crippen LogP contribution in [-0.4, -0.2) is 23.3 Å². The summed E-state index contributed by atoms with van der Waals surface area (Å²) in [5, 5.41) is 2.89. The molecule has 5 nitrogen and oxygen atoms in total. The van der Waals surface area contributed by atoms with E-state index in [1.807, 2.05) is 55.5 Å². The van der Waals surface area contributed by atoms with Gasteiger partial charge in [0.1, 0.15) is 5.69 Å². The van der Waals surface area contributed by atoms with Crippen LogP contribution in [0.3, 0.4) is 0 Å². The second kappa shape index (κ2) is 7.03. The minimum absolute atomic E-state index is 0.189. The second-order valence-corrected chi connectivity index (χ2v) is 6.53. The molecule has 0 aliphatic carbocycles. The van der Waals surface area contributed by atoms with Gasteiger partial charge in [-0.1, -0.05) is 36.4 Å². The zero-order valence-electron chi connectivity index (χ0n) is 15.0. The summed E-state index contributed by atoms with van der Waals surface area (Å²) in [5.74, 6) is -0.451. The van der Waals surface area contributed by atoms with Gasteiger partial charge in [0.15, 0.2) is 0 Å². The molecule has 0 saturated carbocycles. The summed E-state index contributed by atoms with van der Waals surface area (Å²) >= 11 is 0. The maximum atomic E-state index is 12.9. The molecule has 0 spiro atoms. The topological polar surface area (TPSA) is 62.3 Å². The number of nitrogens with one attached hydrogen (secondary N) is 1. The zero-order chi connectivity index (χ0) is 18.8. The number of rotatable bonds is 3. The molecule has 0 fully saturated rings. The molecule has 1 aliphatic rings. The molecule has 0 saturated heterocycles. The van der Waals surface area contributed by atoms with E-state index >= 15 is 0 Å². The van der Waals surface area contributed by atoms with E-state index in [9.17, 15) is 9.59 Å². The van der Waals surface area contributed by atoms with Crippen LogP contribution in [0.5, 0.6) is 0 Å². The molecule has 0 atom stereocenters. The van der Waals surface area contributed by atoms with Gasteiger partial charge in [0, 0.05) is 29.7 Å². The molecule has 5 heteroatoms. The lowest BCUT2D eigenvalue weighted by molar-refractivity contribution is 0.0984. The molecule has 3 aromatic rings. The smallest absolute Gasteiger partial charge is 0.276 e. The fourth-order valence-electron chi connectivity index (χ4n) is 3.28. The van der Waals surface area contributed by atoms with Crippen molar-refractivity contribution in [2.24, 2.45) is 0 Å². The number of carbonyl (C=O) groups is 2. The molecular weight excluding hydrogens is 338 g/mol. The number of benzene rings is 2. The van der Waals surface area contributed by atoms with Crippen LogP contribution in [-0.2, 0) is 6.42 Å². The lowest BCUT2D eigenvalue weighted by Crippen LogP contribution is -2.30. The molecule has 27 heavy (non-hydrogen) atoms. The molecule has 0 bridgehead atoms. The van der Waals surface area contributed by atoms with Crippen LogP contribution in [0.1, 0.15) is 32.0 Å². The molecule has 2 amide bonds. The van der Waals surface area contributed by atoms with Crippen molar-refractivity contribution in [1.29, 1.82) is 0 Å². The molecule has 2 aromatic carbocycles. The first-order chi connectivity index (χ1) is 13.1. The highest BCUT2D eigenvalue weighted by molar-refractivity contribution is 6.09. The minimum atomic E-state index is -0.262. The number of carbonyl (C=O) groups excluding carboxylic acids is 2. The quantitative estimate of drug-likeness (QED) is 0.774. The lowest BCUT2D eigenvalue weighted by atomic mass is 10.1. The predicted molar refractivity (Wildman–Crippen MR) is 105 cm³/mol. The Labute approximate surface area is 157 Å². The Hall–Kier alpha value is -3.47. The summed E-state index contributed by atoms with van der Waals surface area (Å²) in [6.45, 7) is 2.56. The van der Waals surface area contributed by atoms with Crippen LogP contribution < -0.4 is 10.2 Å². The molecular formula is C22H19N3O2. The number of anilines is 2. The van der Waals surface area contributed by atoms with E-state index in [4.69, 9.17) is 0 Å². The molecule has 1 aromatic heterocycles. The molecule has 1 aliphatic heterocycles. The van der Waals surface area contributed by atoms with E-state index in [2.05, 4.69) is 10.3 Å². The largest absolute Gasteiger partial charge is 0.322 e. The number of aromatic nitrogens is 1. The van der Waals surface area contributed by atoms with Gasteiger partial charge in [-0.3, -0.25) is 14.6 Å². The second-order valence-electron chi connectivity index (χ2n) is 6.53. The van der Waals surface area contributed by atoms with Crippen LogP contribution in [0.25, 0.3) is 0 Å². The van der Waals surface area contributed by atoms with Gasteiger partial charge in [0.25, 0.3) is 11.8 Å². The van der Waals surface area contributed by atoms with E-state index in [-0.39, 0.29) is 17.5 Å². The molecule has 134 valence electrons. The lowest BCUT2D eigenvalue weighted by Gasteiger charge is -2.17. The fourth-order valence-corrected chi connectivity index (χ4v) is 3.28. The number of nitrogens with zero attached hydrogens (tertiary/aromatic N) is 2.